The van der Waals surface area contributed by atoms with E-state index in [0.29, 0.717) is 45.4 Å². The molecule has 1 aliphatic carbocycles. The molecule has 0 N–H and O–H groups in total. The number of rotatable bonds is 6. The Morgan fingerprint density at radius 3 is 2.06 bits per heavy atom. The molecule has 0 radical (unpaired) electrons. The highest BCUT2D eigenvalue weighted by molar-refractivity contribution is 7.86. The first-order valence-corrected chi connectivity index (χ1v) is 12.4. The standard InChI is InChI=1S/C23H24O10S/c1-27-17-5-11(6-18(28-2)22(17)29-3)19-12-7-15-16(32-10-31-15)8-13(12)21(33-34(4,25)26)14-9-30-23(24)20(14)19/h5-8,14,19-21H,9-10H2,1-4H3/t14-,19+,20-,21-/m0/s1. The molecule has 5 rings (SSSR count). The number of cyclic esters (lactones) is 1. The van der Waals surface area contributed by atoms with Crippen LogP contribution in [0.3, 0.4) is 0 Å². The van der Waals surface area contributed by atoms with Crippen molar-refractivity contribution in [3.63, 3.8) is 0 Å². The Kier molecular flexibility index (Phi) is 5.48. The van der Waals surface area contributed by atoms with E-state index in [2.05, 4.69) is 0 Å². The molecule has 0 unspecified atom stereocenters. The number of esters is 1. The third-order valence-corrected chi connectivity index (χ3v) is 7.00. The smallest absolute Gasteiger partial charge is 0.310 e. The van der Waals surface area contributed by atoms with Crippen LogP contribution in [-0.2, 0) is 23.8 Å². The summed E-state index contributed by atoms with van der Waals surface area (Å²) in [6, 6.07) is 7.05. The van der Waals surface area contributed by atoms with Gasteiger partial charge < -0.3 is 28.4 Å². The number of methoxy groups -OCH3 is 3. The van der Waals surface area contributed by atoms with Crippen molar-refractivity contribution < 1.29 is 45.8 Å². The predicted octanol–water partition coefficient (Wildman–Crippen LogP) is 2.39. The van der Waals surface area contributed by atoms with Crippen molar-refractivity contribution in [3.8, 4) is 28.7 Å². The van der Waals surface area contributed by atoms with Gasteiger partial charge in [-0.2, -0.15) is 8.42 Å². The molecular weight excluding hydrogens is 468 g/mol. The van der Waals surface area contributed by atoms with Gasteiger partial charge in [0, 0.05) is 11.8 Å². The number of carbonyl (C=O) groups is 1. The van der Waals surface area contributed by atoms with Crippen LogP contribution in [0.25, 0.3) is 0 Å². The Morgan fingerprint density at radius 1 is 0.882 bits per heavy atom. The number of fused-ring (bicyclic) bond motifs is 3. The van der Waals surface area contributed by atoms with E-state index >= 15 is 0 Å². The maximum Gasteiger partial charge on any atom is 0.310 e. The van der Waals surface area contributed by atoms with Crippen molar-refractivity contribution in [2.24, 2.45) is 11.8 Å². The van der Waals surface area contributed by atoms with Crippen LogP contribution in [0, 0.1) is 11.8 Å². The second kappa shape index (κ2) is 8.24. The van der Waals surface area contributed by atoms with Gasteiger partial charge in [0.05, 0.1) is 40.1 Å². The minimum absolute atomic E-state index is 0.0263. The van der Waals surface area contributed by atoms with Gasteiger partial charge >= 0.3 is 5.97 Å². The van der Waals surface area contributed by atoms with Gasteiger partial charge in [0.1, 0.15) is 6.10 Å². The topological polar surface area (TPSA) is 116 Å². The summed E-state index contributed by atoms with van der Waals surface area (Å²) < 4.78 is 62.9. The van der Waals surface area contributed by atoms with Crippen LogP contribution in [0.2, 0.25) is 0 Å². The molecule has 2 aromatic carbocycles. The zero-order valence-corrected chi connectivity index (χ0v) is 19.8. The molecule has 182 valence electrons. The molecule has 0 saturated carbocycles. The third kappa shape index (κ3) is 3.59. The monoisotopic (exact) mass is 492 g/mol. The molecule has 0 bridgehead atoms. The minimum atomic E-state index is -3.84. The molecule has 2 aliphatic heterocycles. The van der Waals surface area contributed by atoms with Crippen molar-refractivity contribution in [1.82, 2.24) is 0 Å². The van der Waals surface area contributed by atoms with Crippen molar-refractivity contribution in [1.29, 1.82) is 0 Å². The summed E-state index contributed by atoms with van der Waals surface area (Å²) in [5, 5.41) is 0. The summed E-state index contributed by atoms with van der Waals surface area (Å²) in [4.78, 5) is 13.0. The molecule has 10 nitrogen and oxygen atoms in total. The van der Waals surface area contributed by atoms with Crippen molar-refractivity contribution in [2.75, 3.05) is 41.0 Å². The van der Waals surface area contributed by atoms with Gasteiger partial charge in [0.2, 0.25) is 12.5 Å². The Bertz CT molecular complexity index is 1230. The Hall–Kier alpha value is -3.18. The molecule has 4 atom stereocenters. The zero-order chi connectivity index (χ0) is 24.2. The van der Waals surface area contributed by atoms with Crippen LogP contribution < -0.4 is 23.7 Å². The molecule has 1 saturated heterocycles. The quantitative estimate of drug-likeness (QED) is 0.440. The highest BCUT2D eigenvalue weighted by Gasteiger charge is 2.54. The maximum absolute atomic E-state index is 13.0. The average molecular weight is 493 g/mol. The van der Waals surface area contributed by atoms with Gasteiger partial charge in [-0.15, -0.1) is 0 Å². The van der Waals surface area contributed by atoms with Crippen LogP contribution >= 0.6 is 0 Å². The van der Waals surface area contributed by atoms with Crippen LogP contribution in [-0.4, -0.2) is 55.4 Å². The SMILES string of the molecule is COc1cc([C@@H]2c3cc4c(cc3[C@H](OS(C)(=O)=O)[C@H]3COC(=O)[C@H]23)OCO4)cc(OC)c1OC. The average Bonchev–Trinajstić information content (AvgIpc) is 3.42. The summed E-state index contributed by atoms with van der Waals surface area (Å²) in [6.07, 6.45) is 0.0617. The Morgan fingerprint density at radius 2 is 1.50 bits per heavy atom. The van der Waals surface area contributed by atoms with Gasteiger partial charge in [-0.3, -0.25) is 8.98 Å². The highest BCUT2D eigenvalue weighted by Crippen LogP contribution is 2.56. The summed E-state index contributed by atoms with van der Waals surface area (Å²) >= 11 is 0. The fourth-order valence-electron chi connectivity index (χ4n) is 5.10. The van der Waals surface area contributed by atoms with Crippen molar-refractivity contribution in [2.45, 2.75) is 12.0 Å². The third-order valence-electron chi connectivity index (χ3n) is 6.44. The van der Waals surface area contributed by atoms with Crippen molar-refractivity contribution in [3.05, 3.63) is 41.0 Å². The first-order valence-electron chi connectivity index (χ1n) is 10.5. The number of ether oxygens (including phenoxy) is 6. The van der Waals surface area contributed by atoms with E-state index in [1.807, 2.05) is 0 Å². The second-order valence-corrected chi connectivity index (χ2v) is 9.91. The van der Waals surface area contributed by atoms with E-state index in [-0.39, 0.29) is 13.4 Å². The predicted molar refractivity (Wildman–Crippen MR) is 117 cm³/mol. The van der Waals surface area contributed by atoms with Gasteiger partial charge in [-0.05, 0) is 41.0 Å². The lowest BCUT2D eigenvalue weighted by Crippen LogP contribution is -2.36. The van der Waals surface area contributed by atoms with Crippen molar-refractivity contribution >= 4 is 16.1 Å². The summed E-state index contributed by atoms with van der Waals surface area (Å²) in [5.41, 5.74) is 1.97. The Labute approximate surface area is 196 Å². The fraction of sp³-hybridized carbons (Fsp3) is 0.435. The van der Waals surface area contributed by atoms with Crippen LogP contribution in [0.5, 0.6) is 28.7 Å². The number of carbonyl (C=O) groups excluding carboxylic acids is 1. The van der Waals surface area contributed by atoms with Crippen LogP contribution in [0.15, 0.2) is 24.3 Å². The number of benzene rings is 2. The molecule has 34 heavy (non-hydrogen) atoms. The molecule has 0 aromatic heterocycles. The molecular formula is C23H24O10S. The molecule has 0 amide bonds. The summed E-state index contributed by atoms with van der Waals surface area (Å²) in [7, 11) is 0.684. The van der Waals surface area contributed by atoms with Crippen LogP contribution in [0.4, 0.5) is 0 Å². The lowest BCUT2D eigenvalue weighted by atomic mass is 9.66. The molecule has 2 heterocycles. The minimum Gasteiger partial charge on any atom is -0.493 e. The maximum atomic E-state index is 13.0. The summed E-state index contributed by atoms with van der Waals surface area (Å²) in [6.45, 7) is 0.0675. The van der Waals surface area contributed by atoms with E-state index in [0.717, 1.165) is 6.26 Å². The molecule has 11 heteroatoms. The van der Waals surface area contributed by atoms with Crippen LogP contribution in [0.1, 0.15) is 28.7 Å². The van der Waals surface area contributed by atoms with E-state index < -0.39 is 39.9 Å². The number of hydrogen-bond donors (Lipinski definition) is 0. The second-order valence-electron chi connectivity index (χ2n) is 8.31. The first-order chi connectivity index (χ1) is 16.3. The largest absolute Gasteiger partial charge is 0.493 e. The van der Waals surface area contributed by atoms with E-state index in [9.17, 15) is 13.2 Å². The van der Waals surface area contributed by atoms with Gasteiger partial charge in [-0.25, -0.2) is 0 Å². The van der Waals surface area contributed by atoms with E-state index in [1.165, 1.54) is 21.3 Å². The van der Waals surface area contributed by atoms with E-state index in [4.69, 9.17) is 32.6 Å². The molecule has 3 aliphatic rings. The lowest BCUT2D eigenvalue weighted by molar-refractivity contribution is -0.141. The first kappa shape index (κ1) is 22.6. The summed E-state index contributed by atoms with van der Waals surface area (Å²) in [5.74, 6) is 0.0492. The lowest BCUT2D eigenvalue weighted by Gasteiger charge is -2.38. The molecule has 2 aromatic rings. The van der Waals surface area contributed by atoms with Gasteiger partial charge in [0.25, 0.3) is 10.1 Å². The molecule has 0 spiro atoms. The number of hydrogen-bond acceptors (Lipinski definition) is 10. The van der Waals surface area contributed by atoms with Gasteiger partial charge in [-0.1, -0.05) is 0 Å². The normalized spacial score (nSPS) is 24.8. The fourth-order valence-corrected chi connectivity index (χ4v) is 5.73. The Balaban J connectivity index is 1.76. The molecule has 1 fully saturated rings. The highest BCUT2D eigenvalue weighted by atomic mass is 32.2. The zero-order valence-electron chi connectivity index (χ0n) is 19.0. The van der Waals surface area contributed by atoms with Gasteiger partial charge in [0.15, 0.2) is 23.0 Å². The van der Waals surface area contributed by atoms with E-state index in [1.54, 1.807) is 24.3 Å².